The molecule has 5 heteroatoms. The minimum absolute atomic E-state index is 0.0439. The molecule has 1 aliphatic rings. The molecule has 0 unspecified atom stereocenters. The van der Waals surface area contributed by atoms with Gasteiger partial charge in [0.15, 0.2) is 0 Å². The Morgan fingerprint density at radius 3 is 2.81 bits per heavy atom. The molecule has 0 bridgehead atoms. The van der Waals surface area contributed by atoms with Gasteiger partial charge in [0.05, 0.1) is 11.0 Å². The molecule has 1 fully saturated rings. The predicted molar refractivity (Wildman–Crippen MR) is 61.4 cm³/mol. The van der Waals surface area contributed by atoms with Gasteiger partial charge in [0, 0.05) is 17.8 Å². The van der Waals surface area contributed by atoms with Crippen LogP contribution in [0.4, 0.5) is 11.5 Å². The SMILES string of the molecule is CC1(Nc2cc([N+](=O)[O-])ccn2)CCCC1. The van der Waals surface area contributed by atoms with E-state index in [1.165, 1.54) is 31.2 Å². The topological polar surface area (TPSA) is 68.1 Å². The van der Waals surface area contributed by atoms with E-state index in [-0.39, 0.29) is 11.2 Å². The zero-order chi connectivity index (χ0) is 11.6. The fourth-order valence-corrected chi connectivity index (χ4v) is 2.19. The molecular weight excluding hydrogens is 206 g/mol. The van der Waals surface area contributed by atoms with Crippen LogP contribution in [0.3, 0.4) is 0 Å². The Labute approximate surface area is 94.0 Å². The summed E-state index contributed by atoms with van der Waals surface area (Å²) in [5, 5.41) is 13.9. The number of pyridine rings is 1. The van der Waals surface area contributed by atoms with Crippen LogP contribution in [0, 0.1) is 10.1 Å². The van der Waals surface area contributed by atoms with E-state index >= 15 is 0 Å². The van der Waals surface area contributed by atoms with E-state index in [9.17, 15) is 10.1 Å². The molecule has 0 spiro atoms. The highest BCUT2D eigenvalue weighted by Gasteiger charge is 2.28. The molecule has 0 aromatic carbocycles. The minimum Gasteiger partial charge on any atom is -0.365 e. The lowest BCUT2D eigenvalue weighted by Gasteiger charge is -2.25. The molecule has 1 aromatic rings. The average Bonchev–Trinajstić information content (AvgIpc) is 2.65. The Morgan fingerprint density at radius 2 is 2.19 bits per heavy atom. The third kappa shape index (κ3) is 2.29. The molecule has 1 saturated carbocycles. The maximum atomic E-state index is 10.6. The quantitative estimate of drug-likeness (QED) is 0.629. The monoisotopic (exact) mass is 221 g/mol. The van der Waals surface area contributed by atoms with Crippen molar-refractivity contribution in [1.29, 1.82) is 0 Å². The second-order valence-electron chi connectivity index (χ2n) is 4.55. The molecule has 16 heavy (non-hydrogen) atoms. The van der Waals surface area contributed by atoms with Gasteiger partial charge in [0.2, 0.25) is 0 Å². The average molecular weight is 221 g/mol. The Balaban J connectivity index is 2.15. The van der Waals surface area contributed by atoms with E-state index in [1.807, 2.05) is 0 Å². The smallest absolute Gasteiger partial charge is 0.274 e. The van der Waals surface area contributed by atoms with Gasteiger partial charge in [-0.15, -0.1) is 0 Å². The van der Waals surface area contributed by atoms with Crippen LogP contribution in [0.5, 0.6) is 0 Å². The number of nitro groups is 1. The lowest BCUT2D eigenvalue weighted by molar-refractivity contribution is -0.384. The van der Waals surface area contributed by atoms with Crippen molar-refractivity contribution in [3.63, 3.8) is 0 Å². The molecule has 1 aliphatic carbocycles. The largest absolute Gasteiger partial charge is 0.365 e. The van der Waals surface area contributed by atoms with E-state index in [2.05, 4.69) is 17.2 Å². The summed E-state index contributed by atoms with van der Waals surface area (Å²) >= 11 is 0. The Hall–Kier alpha value is -1.65. The number of nitrogens with zero attached hydrogens (tertiary/aromatic N) is 2. The minimum atomic E-state index is -0.399. The van der Waals surface area contributed by atoms with Crippen LogP contribution in [0.15, 0.2) is 18.3 Å². The van der Waals surface area contributed by atoms with Crippen LogP contribution in [0.25, 0.3) is 0 Å². The van der Waals surface area contributed by atoms with Gasteiger partial charge in [-0.25, -0.2) is 4.98 Å². The molecule has 1 N–H and O–H groups in total. The summed E-state index contributed by atoms with van der Waals surface area (Å²) in [6.07, 6.45) is 6.07. The normalized spacial score (nSPS) is 18.3. The highest BCUT2D eigenvalue weighted by molar-refractivity contribution is 5.46. The number of hydrogen-bond donors (Lipinski definition) is 1. The van der Waals surface area contributed by atoms with Crippen molar-refractivity contribution >= 4 is 11.5 Å². The summed E-state index contributed by atoms with van der Waals surface area (Å²) in [6.45, 7) is 2.14. The molecule has 0 radical (unpaired) electrons. The van der Waals surface area contributed by atoms with Crippen molar-refractivity contribution in [1.82, 2.24) is 4.98 Å². The first-order valence-corrected chi connectivity index (χ1v) is 5.48. The summed E-state index contributed by atoms with van der Waals surface area (Å²) in [5.41, 5.74) is 0.126. The van der Waals surface area contributed by atoms with Crippen molar-refractivity contribution in [2.45, 2.75) is 38.1 Å². The van der Waals surface area contributed by atoms with Gasteiger partial charge in [0.1, 0.15) is 5.82 Å². The Morgan fingerprint density at radius 1 is 1.50 bits per heavy atom. The first-order valence-electron chi connectivity index (χ1n) is 5.48. The number of anilines is 1. The molecule has 1 heterocycles. The molecule has 0 atom stereocenters. The molecule has 0 amide bonds. The van der Waals surface area contributed by atoms with Crippen LogP contribution >= 0.6 is 0 Å². The lowest BCUT2D eigenvalue weighted by Crippen LogP contribution is -2.31. The van der Waals surface area contributed by atoms with Crippen LogP contribution in [0.1, 0.15) is 32.6 Å². The maximum Gasteiger partial charge on any atom is 0.274 e. The van der Waals surface area contributed by atoms with Crippen molar-refractivity contribution in [2.75, 3.05) is 5.32 Å². The summed E-state index contributed by atoms with van der Waals surface area (Å²) in [7, 11) is 0. The van der Waals surface area contributed by atoms with E-state index in [4.69, 9.17) is 0 Å². The van der Waals surface area contributed by atoms with Crippen molar-refractivity contribution in [3.05, 3.63) is 28.4 Å². The molecule has 86 valence electrons. The molecule has 1 aromatic heterocycles. The fourth-order valence-electron chi connectivity index (χ4n) is 2.19. The first kappa shape index (κ1) is 10.9. The third-order valence-corrected chi connectivity index (χ3v) is 3.09. The summed E-state index contributed by atoms with van der Waals surface area (Å²) in [4.78, 5) is 14.3. The van der Waals surface area contributed by atoms with Crippen molar-refractivity contribution in [2.24, 2.45) is 0 Å². The number of nitrogens with one attached hydrogen (secondary N) is 1. The summed E-state index contributed by atoms with van der Waals surface area (Å²) in [5.74, 6) is 0.596. The second-order valence-corrected chi connectivity index (χ2v) is 4.55. The standard InChI is InChI=1S/C11H15N3O2/c1-11(5-2-3-6-11)13-10-8-9(14(15)16)4-7-12-10/h4,7-8H,2-3,5-6H2,1H3,(H,12,13). The van der Waals surface area contributed by atoms with E-state index in [0.29, 0.717) is 5.82 Å². The zero-order valence-corrected chi connectivity index (χ0v) is 9.27. The van der Waals surface area contributed by atoms with Gasteiger partial charge in [-0.05, 0) is 19.8 Å². The molecule has 2 rings (SSSR count). The van der Waals surface area contributed by atoms with E-state index in [0.717, 1.165) is 12.8 Å². The Bertz CT molecular complexity index is 400. The zero-order valence-electron chi connectivity index (χ0n) is 9.27. The lowest BCUT2D eigenvalue weighted by atomic mass is 10.0. The second kappa shape index (κ2) is 4.08. The van der Waals surface area contributed by atoms with Gasteiger partial charge in [-0.2, -0.15) is 0 Å². The number of aromatic nitrogens is 1. The number of rotatable bonds is 3. The van der Waals surface area contributed by atoms with Gasteiger partial charge in [0.25, 0.3) is 5.69 Å². The van der Waals surface area contributed by atoms with Gasteiger partial charge in [-0.1, -0.05) is 12.8 Å². The van der Waals surface area contributed by atoms with E-state index < -0.39 is 4.92 Å². The van der Waals surface area contributed by atoms with Crippen molar-refractivity contribution < 1.29 is 4.92 Å². The van der Waals surface area contributed by atoms with Crippen LogP contribution in [-0.2, 0) is 0 Å². The van der Waals surface area contributed by atoms with Gasteiger partial charge >= 0.3 is 0 Å². The highest BCUT2D eigenvalue weighted by Crippen LogP contribution is 2.32. The summed E-state index contributed by atoms with van der Waals surface area (Å²) in [6, 6.07) is 2.89. The predicted octanol–water partition coefficient (Wildman–Crippen LogP) is 2.73. The van der Waals surface area contributed by atoms with E-state index in [1.54, 1.807) is 0 Å². The first-order chi connectivity index (χ1) is 7.59. The van der Waals surface area contributed by atoms with Gasteiger partial charge in [-0.3, -0.25) is 10.1 Å². The Kier molecular flexibility index (Phi) is 2.77. The highest BCUT2D eigenvalue weighted by atomic mass is 16.6. The summed E-state index contributed by atoms with van der Waals surface area (Å²) < 4.78 is 0. The molecular formula is C11H15N3O2. The molecule has 0 aliphatic heterocycles. The molecule has 0 saturated heterocycles. The fraction of sp³-hybridized carbons (Fsp3) is 0.545. The van der Waals surface area contributed by atoms with Gasteiger partial charge < -0.3 is 5.32 Å². The van der Waals surface area contributed by atoms with Crippen LogP contribution in [0.2, 0.25) is 0 Å². The maximum absolute atomic E-state index is 10.6. The number of hydrogen-bond acceptors (Lipinski definition) is 4. The van der Waals surface area contributed by atoms with Crippen molar-refractivity contribution in [3.8, 4) is 0 Å². The van der Waals surface area contributed by atoms with Crippen LogP contribution < -0.4 is 5.32 Å². The molecule has 5 nitrogen and oxygen atoms in total. The third-order valence-electron chi connectivity index (χ3n) is 3.09. The van der Waals surface area contributed by atoms with Crippen LogP contribution in [-0.4, -0.2) is 15.4 Å².